The van der Waals surface area contributed by atoms with Gasteiger partial charge in [0.1, 0.15) is 0 Å². The SMILES string of the molecule is CC1CN(CC(=O)c2ccccc2Br)CCCO1. The highest BCUT2D eigenvalue weighted by molar-refractivity contribution is 9.10. The normalized spacial score (nSPS) is 21.6. The van der Waals surface area contributed by atoms with Crippen LogP contribution < -0.4 is 0 Å². The first-order valence-corrected chi connectivity index (χ1v) is 7.08. The van der Waals surface area contributed by atoms with E-state index in [0.717, 1.165) is 36.2 Å². The van der Waals surface area contributed by atoms with Crippen LogP contribution in [0.2, 0.25) is 0 Å². The van der Waals surface area contributed by atoms with Gasteiger partial charge in [0.25, 0.3) is 0 Å². The van der Waals surface area contributed by atoms with Crippen LogP contribution in [0.5, 0.6) is 0 Å². The molecule has 98 valence electrons. The Morgan fingerprint density at radius 1 is 1.50 bits per heavy atom. The van der Waals surface area contributed by atoms with Crippen LogP contribution in [0.1, 0.15) is 23.7 Å². The van der Waals surface area contributed by atoms with E-state index in [1.165, 1.54) is 0 Å². The van der Waals surface area contributed by atoms with Gasteiger partial charge in [0, 0.05) is 29.7 Å². The van der Waals surface area contributed by atoms with Crippen molar-refractivity contribution in [1.29, 1.82) is 0 Å². The number of hydrogen-bond acceptors (Lipinski definition) is 3. The van der Waals surface area contributed by atoms with Crippen LogP contribution >= 0.6 is 15.9 Å². The zero-order valence-electron chi connectivity index (χ0n) is 10.6. The van der Waals surface area contributed by atoms with Crippen molar-refractivity contribution in [2.24, 2.45) is 0 Å². The Balaban J connectivity index is 2.00. The molecule has 0 amide bonds. The number of carbonyl (C=O) groups is 1. The maximum absolute atomic E-state index is 12.2. The fraction of sp³-hybridized carbons (Fsp3) is 0.500. The standard InChI is InChI=1S/C14H18BrNO2/c1-11-9-16(7-4-8-18-11)10-14(17)12-5-2-3-6-13(12)15/h2-3,5-6,11H,4,7-10H2,1H3. The molecule has 1 aromatic rings. The summed E-state index contributed by atoms with van der Waals surface area (Å²) < 4.78 is 6.45. The first-order chi connectivity index (χ1) is 8.66. The molecule has 0 radical (unpaired) electrons. The second kappa shape index (κ2) is 6.45. The summed E-state index contributed by atoms with van der Waals surface area (Å²) in [5.74, 6) is 0.163. The van der Waals surface area contributed by atoms with Crippen molar-refractivity contribution in [3.05, 3.63) is 34.3 Å². The second-order valence-corrected chi connectivity index (χ2v) is 5.53. The van der Waals surface area contributed by atoms with Gasteiger partial charge in [0.2, 0.25) is 0 Å². The molecule has 0 bridgehead atoms. The van der Waals surface area contributed by atoms with E-state index < -0.39 is 0 Å². The van der Waals surface area contributed by atoms with E-state index in [1.807, 2.05) is 24.3 Å². The molecule has 1 aliphatic heterocycles. The molecule has 1 atom stereocenters. The number of ketones is 1. The molecular formula is C14H18BrNO2. The lowest BCUT2D eigenvalue weighted by Gasteiger charge is -2.21. The lowest BCUT2D eigenvalue weighted by molar-refractivity contribution is 0.0657. The zero-order chi connectivity index (χ0) is 13.0. The summed E-state index contributed by atoms with van der Waals surface area (Å²) in [5.41, 5.74) is 0.760. The number of nitrogens with zero attached hydrogens (tertiary/aromatic N) is 1. The summed E-state index contributed by atoms with van der Waals surface area (Å²) in [7, 11) is 0. The Morgan fingerprint density at radius 2 is 2.28 bits per heavy atom. The maximum atomic E-state index is 12.2. The molecule has 1 aliphatic rings. The van der Waals surface area contributed by atoms with Crippen LogP contribution in [0, 0.1) is 0 Å². The predicted octanol–water partition coefficient (Wildman–Crippen LogP) is 2.74. The van der Waals surface area contributed by atoms with Crippen molar-refractivity contribution in [2.75, 3.05) is 26.2 Å². The van der Waals surface area contributed by atoms with E-state index in [-0.39, 0.29) is 11.9 Å². The van der Waals surface area contributed by atoms with Crippen LogP contribution in [0.25, 0.3) is 0 Å². The molecule has 2 rings (SSSR count). The van der Waals surface area contributed by atoms with Gasteiger partial charge in [0.05, 0.1) is 12.6 Å². The minimum atomic E-state index is 0.163. The van der Waals surface area contributed by atoms with Crippen LogP contribution in [0.4, 0.5) is 0 Å². The molecule has 0 aromatic heterocycles. The predicted molar refractivity (Wildman–Crippen MR) is 74.9 cm³/mol. The molecule has 18 heavy (non-hydrogen) atoms. The summed E-state index contributed by atoms with van der Waals surface area (Å²) in [4.78, 5) is 14.4. The van der Waals surface area contributed by atoms with Crippen LogP contribution in [-0.2, 0) is 4.74 Å². The number of halogens is 1. The van der Waals surface area contributed by atoms with Gasteiger partial charge in [-0.05, 0) is 19.4 Å². The first kappa shape index (κ1) is 13.7. The molecule has 1 saturated heterocycles. The van der Waals surface area contributed by atoms with Gasteiger partial charge in [-0.3, -0.25) is 9.69 Å². The average Bonchev–Trinajstić information content (AvgIpc) is 2.54. The van der Waals surface area contributed by atoms with Gasteiger partial charge in [-0.25, -0.2) is 0 Å². The molecule has 0 aliphatic carbocycles. The largest absolute Gasteiger partial charge is 0.377 e. The number of hydrogen-bond donors (Lipinski definition) is 0. The summed E-state index contributed by atoms with van der Waals surface area (Å²) in [6, 6.07) is 7.58. The van der Waals surface area contributed by atoms with Crippen molar-refractivity contribution in [3.8, 4) is 0 Å². The number of ether oxygens (including phenoxy) is 1. The Labute approximate surface area is 116 Å². The van der Waals surface area contributed by atoms with Gasteiger partial charge in [-0.15, -0.1) is 0 Å². The van der Waals surface area contributed by atoms with Gasteiger partial charge in [0.15, 0.2) is 5.78 Å². The topological polar surface area (TPSA) is 29.5 Å². The minimum absolute atomic E-state index is 0.163. The van der Waals surface area contributed by atoms with Gasteiger partial charge in [-0.1, -0.05) is 34.1 Å². The zero-order valence-corrected chi connectivity index (χ0v) is 12.1. The molecule has 0 saturated carbocycles. The highest BCUT2D eigenvalue weighted by Crippen LogP contribution is 2.17. The third kappa shape index (κ3) is 3.64. The van der Waals surface area contributed by atoms with Gasteiger partial charge >= 0.3 is 0 Å². The highest BCUT2D eigenvalue weighted by atomic mass is 79.9. The first-order valence-electron chi connectivity index (χ1n) is 6.28. The molecule has 1 unspecified atom stereocenters. The molecule has 1 heterocycles. The lowest BCUT2D eigenvalue weighted by atomic mass is 10.1. The fourth-order valence-electron chi connectivity index (χ4n) is 2.20. The van der Waals surface area contributed by atoms with E-state index in [9.17, 15) is 4.79 Å². The molecule has 0 spiro atoms. The lowest BCUT2D eigenvalue weighted by Crippen LogP contribution is -2.34. The Bertz CT molecular complexity index is 422. The van der Waals surface area contributed by atoms with E-state index in [4.69, 9.17) is 4.74 Å². The van der Waals surface area contributed by atoms with Crippen molar-refractivity contribution < 1.29 is 9.53 Å². The average molecular weight is 312 g/mol. The molecule has 4 heteroatoms. The Kier molecular flexibility index (Phi) is 4.92. The Hall–Kier alpha value is -0.710. The molecule has 0 N–H and O–H groups in total. The maximum Gasteiger partial charge on any atom is 0.177 e. The molecule has 1 aromatic carbocycles. The number of benzene rings is 1. The molecular weight excluding hydrogens is 294 g/mol. The van der Waals surface area contributed by atoms with E-state index in [2.05, 4.69) is 27.8 Å². The van der Waals surface area contributed by atoms with E-state index in [1.54, 1.807) is 0 Å². The molecule has 1 fully saturated rings. The van der Waals surface area contributed by atoms with E-state index in [0.29, 0.717) is 6.54 Å². The second-order valence-electron chi connectivity index (χ2n) is 4.67. The third-order valence-corrected chi connectivity index (χ3v) is 3.77. The fourth-order valence-corrected chi connectivity index (χ4v) is 2.71. The highest BCUT2D eigenvalue weighted by Gasteiger charge is 2.19. The van der Waals surface area contributed by atoms with Crippen molar-refractivity contribution in [3.63, 3.8) is 0 Å². The third-order valence-electron chi connectivity index (χ3n) is 3.08. The van der Waals surface area contributed by atoms with Gasteiger partial charge < -0.3 is 4.74 Å². The minimum Gasteiger partial charge on any atom is -0.377 e. The van der Waals surface area contributed by atoms with Crippen LogP contribution in [0.15, 0.2) is 28.7 Å². The molecule has 3 nitrogen and oxygen atoms in total. The number of carbonyl (C=O) groups excluding carboxylic acids is 1. The Morgan fingerprint density at radius 3 is 3.06 bits per heavy atom. The summed E-state index contributed by atoms with van der Waals surface area (Å²) >= 11 is 3.42. The summed E-state index contributed by atoms with van der Waals surface area (Å²) in [5, 5.41) is 0. The van der Waals surface area contributed by atoms with Crippen molar-refractivity contribution in [1.82, 2.24) is 4.90 Å². The van der Waals surface area contributed by atoms with Crippen LogP contribution in [-0.4, -0.2) is 43.0 Å². The summed E-state index contributed by atoms with van der Waals surface area (Å²) in [6.45, 7) is 5.08. The summed E-state index contributed by atoms with van der Waals surface area (Å²) in [6.07, 6.45) is 1.20. The number of rotatable bonds is 3. The van der Waals surface area contributed by atoms with Crippen molar-refractivity contribution in [2.45, 2.75) is 19.4 Å². The van der Waals surface area contributed by atoms with Gasteiger partial charge in [-0.2, -0.15) is 0 Å². The number of Topliss-reactive ketones (excluding diaryl/α,β-unsaturated/α-hetero) is 1. The van der Waals surface area contributed by atoms with Crippen LogP contribution in [0.3, 0.4) is 0 Å². The van der Waals surface area contributed by atoms with E-state index >= 15 is 0 Å². The van der Waals surface area contributed by atoms with Crippen molar-refractivity contribution >= 4 is 21.7 Å². The quantitative estimate of drug-likeness (QED) is 0.804. The monoisotopic (exact) mass is 311 g/mol. The smallest absolute Gasteiger partial charge is 0.177 e.